The van der Waals surface area contributed by atoms with Crippen molar-refractivity contribution in [3.8, 4) is 5.75 Å². The predicted molar refractivity (Wildman–Crippen MR) is 89.7 cm³/mol. The highest BCUT2D eigenvalue weighted by molar-refractivity contribution is 5.26. The van der Waals surface area contributed by atoms with E-state index in [0.29, 0.717) is 5.75 Å². The third kappa shape index (κ3) is 2.43. The van der Waals surface area contributed by atoms with E-state index in [9.17, 15) is 5.11 Å². The molecule has 4 aliphatic carbocycles. The quantitative estimate of drug-likeness (QED) is 0.922. The maximum Gasteiger partial charge on any atom is 0.226 e. The number of aromatic nitrogens is 2. The summed E-state index contributed by atoms with van der Waals surface area (Å²) in [5, 5.41) is 13.8. The highest BCUT2D eigenvalue weighted by atomic mass is 16.5. The van der Waals surface area contributed by atoms with E-state index >= 15 is 0 Å². The van der Waals surface area contributed by atoms with Gasteiger partial charge in [-0.3, -0.25) is 0 Å². The first-order valence-corrected chi connectivity index (χ1v) is 9.29. The van der Waals surface area contributed by atoms with E-state index in [2.05, 4.69) is 5.16 Å². The Bertz CT molecular complexity index is 699. The number of phenolic OH excluding ortho intramolecular Hbond substituents is 1. The van der Waals surface area contributed by atoms with Crippen LogP contribution in [0.5, 0.6) is 5.75 Å². The molecule has 0 atom stereocenters. The van der Waals surface area contributed by atoms with Gasteiger partial charge in [0.25, 0.3) is 0 Å². The lowest BCUT2D eigenvalue weighted by Gasteiger charge is -2.55. The van der Waals surface area contributed by atoms with Crippen LogP contribution in [-0.2, 0) is 18.3 Å². The maximum absolute atomic E-state index is 9.36. The molecule has 1 aromatic carbocycles. The van der Waals surface area contributed by atoms with Crippen LogP contribution < -0.4 is 0 Å². The standard InChI is InChI=1S/C20H24N2O2/c23-17-4-1-13(2-5-17)3-6-18-21-19(22-24-18)20-10-14-7-15(11-20)9-16(8-14)12-20/h1-2,4-5,14-16,23H,3,6-12H2. The second-order valence-corrected chi connectivity index (χ2v) is 8.38. The molecule has 0 aliphatic heterocycles. The van der Waals surface area contributed by atoms with Crippen LogP contribution in [0.15, 0.2) is 28.8 Å². The molecule has 2 aromatic rings. The largest absolute Gasteiger partial charge is 0.508 e. The second kappa shape index (κ2) is 5.33. The average molecular weight is 324 g/mol. The first-order valence-electron chi connectivity index (χ1n) is 9.29. The van der Waals surface area contributed by atoms with Crippen LogP contribution in [0.1, 0.15) is 55.8 Å². The first-order chi connectivity index (χ1) is 11.7. The lowest BCUT2D eigenvalue weighted by Crippen LogP contribution is -2.49. The number of nitrogens with zero attached hydrogens (tertiary/aromatic N) is 2. The van der Waals surface area contributed by atoms with Gasteiger partial charge in [-0.25, -0.2) is 0 Å². The van der Waals surface area contributed by atoms with Gasteiger partial charge in [0.2, 0.25) is 5.89 Å². The van der Waals surface area contributed by atoms with Crippen LogP contribution in [0.25, 0.3) is 0 Å². The van der Waals surface area contributed by atoms with Crippen molar-refractivity contribution in [1.82, 2.24) is 10.1 Å². The Morgan fingerprint density at radius 1 is 0.958 bits per heavy atom. The third-order valence-electron chi connectivity index (χ3n) is 6.54. The van der Waals surface area contributed by atoms with Crippen molar-refractivity contribution in [2.75, 3.05) is 0 Å². The van der Waals surface area contributed by atoms with E-state index in [1.165, 1.54) is 44.1 Å². The van der Waals surface area contributed by atoms with Gasteiger partial charge in [0.15, 0.2) is 5.82 Å². The molecule has 6 rings (SSSR count). The minimum Gasteiger partial charge on any atom is -0.508 e. The van der Waals surface area contributed by atoms with Crippen LogP contribution in [0, 0.1) is 17.8 Å². The van der Waals surface area contributed by atoms with Crippen molar-refractivity contribution in [1.29, 1.82) is 0 Å². The van der Waals surface area contributed by atoms with E-state index in [1.54, 1.807) is 12.1 Å². The molecule has 4 fully saturated rings. The van der Waals surface area contributed by atoms with Gasteiger partial charge in [-0.05, 0) is 80.4 Å². The molecular weight excluding hydrogens is 300 g/mol. The molecule has 4 nitrogen and oxygen atoms in total. The van der Waals surface area contributed by atoms with Crippen molar-refractivity contribution in [2.45, 2.75) is 56.8 Å². The fraction of sp³-hybridized carbons (Fsp3) is 0.600. The van der Waals surface area contributed by atoms with Gasteiger partial charge < -0.3 is 9.63 Å². The minimum atomic E-state index is 0.217. The predicted octanol–water partition coefficient (Wildman–Crippen LogP) is 4.03. The Morgan fingerprint density at radius 2 is 1.58 bits per heavy atom. The highest BCUT2D eigenvalue weighted by Crippen LogP contribution is 2.60. The zero-order valence-electron chi connectivity index (χ0n) is 13.9. The van der Waals surface area contributed by atoms with Gasteiger partial charge in [-0.15, -0.1) is 0 Å². The second-order valence-electron chi connectivity index (χ2n) is 8.38. The molecule has 1 heterocycles. The number of phenols is 1. The molecule has 126 valence electrons. The zero-order chi connectivity index (χ0) is 16.1. The molecule has 24 heavy (non-hydrogen) atoms. The zero-order valence-corrected chi connectivity index (χ0v) is 13.9. The van der Waals surface area contributed by atoms with Crippen molar-refractivity contribution < 1.29 is 9.63 Å². The van der Waals surface area contributed by atoms with Crippen LogP contribution in [0.3, 0.4) is 0 Å². The van der Waals surface area contributed by atoms with Crippen molar-refractivity contribution in [3.05, 3.63) is 41.5 Å². The van der Waals surface area contributed by atoms with Gasteiger partial charge in [0.05, 0.1) is 0 Å². The smallest absolute Gasteiger partial charge is 0.226 e. The summed E-state index contributed by atoms with van der Waals surface area (Å²) < 4.78 is 5.59. The molecule has 4 saturated carbocycles. The normalized spacial score (nSPS) is 33.9. The monoisotopic (exact) mass is 324 g/mol. The first kappa shape index (κ1) is 14.5. The fourth-order valence-electron chi connectivity index (χ4n) is 5.87. The highest BCUT2D eigenvalue weighted by Gasteiger charge is 2.53. The summed E-state index contributed by atoms with van der Waals surface area (Å²) in [6, 6.07) is 7.35. The summed E-state index contributed by atoms with van der Waals surface area (Å²) in [6.07, 6.45) is 9.76. The molecule has 4 bridgehead atoms. The molecule has 0 amide bonds. The maximum atomic E-state index is 9.36. The van der Waals surface area contributed by atoms with Crippen LogP contribution in [0.2, 0.25) is 0 Å². The average Bonchev–Trinajstić information content (AvgIpc) is 3.03. The van der Waals surface area contributed by atoms with Gasteiger partial charge in [0, 0.05) is 11.8 Å². The van der Waals surface area contributed by atoms with Gasteiger partial charge in [0.1, 0.15) is 5.75 Å². The number of hydrogen-bond acceptors (Lipinski definition) is 4. The minimum absolute atomic E-state index is 0.217. The molecule has 1 aromatic heterocycles. The molecule has 0 spiro atoms. The summed E-state index contributed by atoms with van der Waals surface area (Å²) in [4.78, 5) is 4.81. The summed E-state index contributed by atoms with van der Waals surface area (Å²) in [6.45, 7) is 0. The molecule has 0 radical (unpaired) electrons. The summed E-state index contributed by atoms with van der Waals surface area (Å²) in [7, 11) is 0. The van der Waals surface area contributed by atoms with Gasteiger partial charge in [-0.1, -0.05) is 17.3 Å². The fourth-order valence-corrected chi connectivity index (χ4v) is 5.87. The lowest BCUT2D eigenvalue weighted by molar-refractivity contribution is -0.0103. The topological polar surface area (TPSA) is 59.2 Å². The van der Waals surface area contributed by atoms with Gasteiger partial charge in [-0.2, -0.15) is 4.98 Å². The van der Waals surface area contributed by atoms with Crippen molar-refractivity contribution in [2.24, 2.45) is 17.8 Å². The van der Waals surface area contributed by atoms with Gasteiger partial charge >= 0.3 is 0 Å². The Balaban J connectivity index is 1.31. The SMILES string of the molecule is Oc1ccc(CCc2nc(C34CC5CC(CC(C5)C3)C4)no2)cc1. The summed E-state index contributed by atoms with van der Waals surface area (Å²) >= 11 is 0. The molecule has 4 aliphatic rings. The third-order valence-corrected chi connectivity index (χ3v) is 6.54. The van der Waals surface area contributed by atoms with Crippen LogP contribution >= 0.6 is 0 Å². The lowest BCUT2D eigenvalue weighted by atomic mass is 9.49. The molecular formula is C20H24N2O2. The summed E-state index contributed by atoms with van der Waals surface area (Å²) in [5.74, 6) is 4.75. The Kier molecular flexibility index (Phi) is 3.22. The Labute approximate surface area is 142 Å². The number of aryl methyl sites for hydroxylation is 2. The van der Waals surface area contributed by atoms with E-state index in [-0.39, 0.29) is 5.41 Å². The van der Waals surface area contributed by atoms with E-state index in [1.807, 2.05) is 12.1 Å². The van der Waals surface area contributed by atoms with E-state index < -0.39 is 0 Å². The Hall–Kier alpha value is -1.84. The molecule has 4 heteroatoms. The summed E-state index contributed by atoms with van der Waals surface area (Å²) in [5.41, 5.74) is 1.40. The van der Waals surface area contributed by atoms with Crippen LogP contribution in [-0.4, -0.2) is 15.2 Å². The van der Waals surface area contributed by atoms with E-state index in [4.69, 9.17) is 9.51 Å². The van der Waals surface area contributed by atoms with E-state index in [0.717, 1.165) is 42.3 Å². The number of hydrogen-bond donors (Lipinski definition) is 1. The number of rotatable bonds is 4. The number of aromatic hydroxyl groups is 1. The van der Waals surface area contributed by atoms with Crippen molar-refractivity contribution >= 4 is 0 Å². The Morgan fingerprint density at radius 3 is 2.21 bits per heavy atom. The molecule has 0 unspecified atom stereocenters. The van der Waals surface area contributed by atoms with Crippen molar-refractivity contribution in [3.63, 3.8) is 0 Å². The molecule has 0 saturated heterocycles. The molecule has 1 N–H and O–H groups in total. The number of benzene rings is 1. The van der Waals surface area contributed by atoms with Crippen LogP contribution in [0.4, 0.5) is 0 Å².